The Labute approximate surface area is 368 Å². The summed E-state index contributed by atoms with van der Waals surface area (Å²) in [4.78, 5) is 14.4. The molecule has 5 fully saturated rings. The molecule has 20 atom stereocenters. The summed E-state index contributed by atoms with van der Waals surface area (Å²) in [6.07, 6.45) is 6.53. The maximum atomic E-state index is 14.4. The van der Waals surface area contributed by atoms with Gasteiger partial charge in [0.25, 0.3) is 0 Å². The Morgan fingerprint density at radius 3 is 2.35 bits per heavy atom. The molecule has 3 unspecified atom stereocenters. The third-order valence-corrected chi connectivity index (χ3v) is 14.9. The van der Waals surface area contributed by atoms with Crippen LogP contribution >= 0.6 is 0 Å². The molecule has 62 heavy (non-hydrogen) atoms. The van der Waals surface area contributed by atoms with E-state index in [9.17, 15) is 20.1 Å². The summed E-state index contributed by atoms with van der Waals surface area (Å²) in [6, 6.07) is 0. The van der Waals surface area contributed by atoms with E-state index in [1.807, 2.05) is 19.1 Å². The second-order valence-corrected chi connectivity index (χ2v) is 19.4. The molecular weight excluding hydrogens is 801 g/mol. The first-order chi connectivity index (χ1) is 29.5. The van der Waals surface area contributed by atoms with Crippen LogP contribution in [0.4, 0.5) is 0 Å². The molecule has 1 spiro atoms. The lowest BCUT2D eigenvalue weighted by molar-refractivity contribution is -0.340. The van der Waals surface area contributed by atoms with E-state index in [0.717, 1.165) is 18.4 Å². The van der Waals surface area contributed by atoms with Gasteiger partial charge in [-0.3, -0.25) is 4.79 Å². The molecular formula is C48H74O14. The van der Waals surface area contributed by atoms with Gasteiger partial charge in [-0.1, -0.05) is 64.5 Å². The van der Waals surface area contributed by atoms with Crippen LogP contribution in [0, 0.1) is 23.7 Å². The van der Waals surface area contributed by atoms with Crippen molar-refractivity contribution in [2.24, 2.45) is 23.7 Å². The number of aliphatic hydroxyl groups excluding tert-OH is 2. The van der Waals surface area contributed by atoms with E-state index in [4.69, 9.17) is 47.4 Å². The lowest BCUT2D eigenvalue weighted by Gasteiger charge is -2.51. The Balaban J connectivity index is 1.18. The van der Waals surface area contributed by atoms with E-state index >= 15 is 0 Å². The van der Waals surface area contributed by atoms with Gasteiger partial charge in [-0.25, -0.2) is 0 Å². The summed E-state index contributed by atoms with van der Waals surface area (Å²) < 4.78 is 63.9. The molecule has 6 heterocycles. The molecule has 7 rings (SSSR count). The second-order valence-electron chi connectivity index (χ2n) is 19.4. The maximum Gasteiger partial charge on any atom is 0.316 e. The zero-order chi connectivity index (χ0) is 44.7. The molecule has 14 heteroatoms. The summed E-state index contributed by atoms with van der Waals surface area (Å²) >= 11 is 0. The number of methoxy groups -OCH3 is 2. The predicted octanol–water partition coefficient (Wildman–Crippen LogP) is 5.60. The van der Waals surface area contributed by atoms with Gasteiger partial charge in [0.1, 0.15) is 42.0 Å². The van der Waals surface area contributed by atoms with Crippen molar-refractivity contribution in [1.29, 1.82) is 0 Å². The van der Waals surface area contributed by atoms with Crippen molar-refractivity contribution in [2.45, 2.75) is 204 Å². The van der Waals surface area contributed by atoms with Crippen molar-refractivity contribution in [3.63, 3.8) is 0 Å². The van der Waals surface area contributed by atoms with Gasteiger partial charge >= 0.3 is 5.97 Å². The summed E-state index contributed by atoms with van der Waals surface area (Å²) in [5, 5.41) is 34.2. The fourth-order valence-corrected chi connectivity index (χ4v) is 11.0. The van der Waals surface area contributed by atoms with Crippen molar-refractivity contribution >= 4 is 5.97 Å². The number of esters is 1. The zero-order valence-corrected chi connectivity index (χ0v) is 38.5. The predicted molar refractivity (Wildman–Crippen MR) is 227 cm³/mol. The molecule has 0 aromatic heterocycles. The van der Waals surface area contributed by atoms with Gasteiger partial charge in [-0.2, -0.15) is 0 Å². The van der Waals surface area contributed by atoms with E-state index in [-0.39, 0.29) is 30.8 Å². The molecule has 0 amide bonds. The van der Waals surface area contributed by atoms with Crippen LogP contribution in [0.1, 0.15) is 107 Å². The van der Waals surface area contributed by atoms with E-state index in [0.29, 0.717) is 61.5 Å². The minimum absolute atomic E-state index is 0.00708. The SMILES string of the molecule is CCC(C)[C@H]1O[C@]2(CC[C@@H]1C)C[C@@H]1C[C@@H](C/C=C(\C)[C@@H](OC3C[C@H](OC)[C@@H](OC4C[C@H](OC)[C@@H](O)[C@H](C)O4)[C@H](C)O3)[C@@H](C)/C=C/C=C3\CO[C@@H]4[C@H](O)C(C)=C[C@@H](C(=O)O1)[C@]34O)O2. The minimum Gasteiger partial charge on any atom is -0.462 e. The van der Waals surface area contributed by atoms with Crippen molar-refractivity contribution in [1.82, 2.24) is 0 Å². The quantitative estimate of drug-likeness (QED) is 0.204. The van der Waals surface area contributed by atoms with Crippen LogP contribution in [0.25, 0.3) is 0 Å². The molecule has 5 saturated heterocycles. The Kier molecular flexibility index (Phi) is 15.3. The number of hydrogen-bond donors (Lipinski definition) is 3. The average Bonchev–Trinajstić information content (AvgIpc) is 3.58. The third kappa shape index (κ3) is 9.73. The molecule has 1 aliphatic carbocycles. The van der Waals surface area contributed by atoms with Gasteiger partial charge in [0.2, 0.25) is 0 Å². The van der Waals surface area contributed by atoms with Crippen LogP contribution in [-0.4, -0.2) is 139 Å². The number of allylic oxidation sites excluding steroid dienone is 2. The largest absolute Gasteiger partial charge is 0.462 e. The van der Waals surface area contributed by atoms with Crippen molar-refractivity contribution in [3.05, 3.63) is 47.1 Å². The highest BCUT2D eigenvalue weighted by atomic mass is 16.7. The molecule has 3 N–H and O–H groups in total. The molecule has 350 valence electrons. The van der Waals surface area contributed by atoms with Gasteiger partial charge in [0.15, 0.2) is 18.4 Å². The lowest BCUT2D eigenvalue weighted by Crippen LogP contribution is -2.58. The van der Waals surface area contributed by atoms with E-state index in [2.05, 4.69) is 40.7 Å². The number of hydrogen-bond acceptors (Lipinski definition) is 14. The Hall–Kier alpha value is -2.05. The molecule has 0 aromatic carbocycles. The first kappa shape index (κ1) is 47.9. The van der Waals surface area contributed by atoms with Gasteiger partial charge in [0.05, 0.1) is 49.3 Å². The fraction of sp³-hybridized carbons (Fsp3) is 0.812. The van der Waals surface area contributed by atoms with Crippen LogP contribution in [0.15, 0.2) is 47.1 Å². The Bertz CT molecular complexity index is 1680. The number of carbonyl (C=O) groups is 1. The number of carbonyl (C=O) groups excluding carboxylic acids is 1. The first-order valence-corrected chi connectivity index (χ1v) is 23.2. The molecule has 0 radical (unpaired) electrons. The Morgan fingerprint density at radius 2 is 1.63 bits per heavy atom. The van der Waals surface area contributed by atoms with E-state index in [1.165, 1.54) is 0 Å². The van der Waals surface area contributed by atoms with Crippen LogP contribution in [0.2, 0.25) is 0 Å². The summed E-state index contributed by atoms with van der Waals surface area (Å²) in [5.74, 6) is -2.10. The molecule has 7 aliphatic rings. The zero-order valence-electron chi connectivity index (χ0n) is 38.5. The summed E-state index contributed by atoms with van der Waals surface area (Å²) in [5.41, 5.74) is 0.188. The highest BCUT2D eigenvalue weighted by Crippen LogP contribution is 2.48. The van der Waals surface area contributed by atoms with Crippen LogP contribution in [0.3, 0.4) is 0 Å². The standard InChI is InChI=1S/C48H74O14/c1-11-25(2)43-28(5)17-18-47(62-43)23-34-20-33(61-47)16-15-27(4)42(26(3)13-12-14-32-24-55-45-40(49)29(6)19-35(46(51)58-34)48(32,45)52)59-39-22-37(54-10)44(31(8)57-39)60-38-21-36(53-9)41(50)30(7)56-38/h12-15,19,25-26,28,30-31,33-45,49-50,52H,11,16-18,20-24H2,1-10H3/b13-12+,27-15+,32-14+/t25?,26-,28-,30-,31-,33+,34-,35-,36-,37-,38?,39?,40+,41-,42-,43+,44-,45+,47+,48+/m0/s1. The van der Waals surface area contributed by atoms with Crippen LogP contribution in [0.5, 0.6) is 0 Å². The average molecular weight is 875 g/mol. The number of ether oxygens (including phenoxy) is 10. The lowest BCUT2D eigenvalue weighted by atomic mass is 9.71. The third-order valence-electron chi connectivity index (χ3n) is 14.9. The number of fused-ring (bicyclic) bond motifs is 2. The molecule has 0 saturated carbocycles. The van der Waals surface area contributed by atoms with Gasteiger partial charge in [-0.05, 0) is 69.1 Å². The highest BCUT2D eigenvalue weighted by molar-refractivity contribution is 5.78. The molecule has 6 aliphatic heterocycles. The number of aliphatic hydroxyl groups is 3. The normalized spacial score (nSPS) is 49.4. The van der Waals surface area contributed by atoms with Crippen molar-refractivity contribution < 1.29 is 67.5 Å². The Morgan fingerprint density at radius 1 is 0.919 bits per heavy atom. The molecule has 14 nitrogen and oxygen atoms in total. The molecule has 0 aromatic rings. The highest BCUT2D eigenvalue weighted by Gasteiger charge is 2.60. The van der Waals surface area contributed by atoms with Crippen molar-refractivity contribution in [2.75, 3.05) is 20.8 Å². The van der Waals surface area contributed by atoms with Gasteiger partial charge in [0, 0.05) is 52.2 Å². The minimum atomic E-state index is -1.82. The number of rotatable bonds is 8. The maximum absolute atomic E-state index is 14.4. The summed E-state index contributed by atoms with van der Waals surface area (Å²) in [7, 11) is 3.23. The van der Waals surface area contributed by atoms with E-state index < -0.39 is 90.8 Å². The van der Waals surface area contributed by atoms with Gasteiger partial charge in [-0.15, -0.1) is 0 Å². The van der Waals surface area contributed by atoms with E-state index in [1.54, 1.807) is 40.2 Å². The monoisotopic (exact) mass is 875 g/mol. The van der Waals surface area contributed by atoms with Crippen molar-refractivity contribution in [3.8, 4) is 0 Å². The van der Waals surface area contributed by atoms with Gasteiger partial charge < -0.3 is 62.7 Å². The topological polar surface area (TPSA) is 170 Å². The summed E-state index contributed by atoms with van der Waals surface area (Å²) in [6.45, 7) is 16.3. The second kappa shape index (κ2) is 19.8. The fourth-order valence-electron chi connectivity index (χ4n) is 11.0. The first-order valence-electron chi connectivity index (χ1n) is 23.2. The molecule has 2 bridgehead atoms. The van der Waals surface area contributed by atoms with Crippen LogP contribution < -0.4 is 0 Å². The smallest absolute Gasteiger partial charge is 0.316 e. The van der Waals surface area contributed by atoms with Crippen LogP contribution in [-0.2, 0) is 52.2 Å².